The van der Waals surface area contributed by atoms with Gasteiger partial charge in [-0.1, -0.05) is 175 Å². The minimum absolute atomic E-state index is 0.0896. The maximum atomic E-state index is 12.6. The Morgan fingerprint density at radius 3 is 1.40 bits per heavy atom. The van der Waals surface area contributed by atoms with E-state index in [2.05, 4.69) is 111 Å². The summed E-state index contributed by atoms with van der Waals surface area (Å²) in [6, 6.07) is 0. The van der Waals surface area contributed by atoms with Gasteiger partial charge in [0.05, 0.1) is 19.8 Å². The van der Waals surface area contributed by atoms with Crippen molar-refractivity contribution in [1.82, 2.24) is 0 Å². The van der Waals surface area contributed by atoms with Gasteiger partial charge in [0, 0.05) is 19.6 Å². The number of unbranched alkanes of at least 4 members (excludes halogenated alkanes) is 15. The van der Waals surface area contributed by atoms with Crippen LogP contribution in [0.2, 0.25) is 0 Å². The van der Waals surface area contributed by atoms with Crippen molar-refractivity contribution in [3.8, 4) is 0 Å². The van der Waals surface area contributed by atoms with Gasteiger partial charge >= 0.3 is 13.8 Å². The van der Waals surface area contributed by atoms with Crippen LogP contribution in [0.5, 0.6) is 0 Å². The summed E-state index contributed by atoms with van der Waals surface area (Å²) in [6.07, 6.45) is 62.8. The lowest BCUT2D eigenvalue weighted by Crippen LogP contribution is -2.28. The average Bonchev–Trinajstić information content (AvgIpc) is 3.24. The molecule has 0 amide bonds. The molecule has 0 aromatic carbocycles. The van der Waals surface area contributed by atoms with Crippen molar-refractivity contribution in [2.45, 2.75) is 187 Å². The van der Waals surface area contributed by atoms with Crippen LogP contribution in [-0.4, -0.2) is 49.9 Å². The van der Waals surface area contributed by atoms with Crippen LogP contribution in [0, 0.1) is 0 Å². The first kappa shape index (κ1) is 57.4. The molecule has 0 aliphatic heterocycles. The predicted molar refractivity (Wildman–Crippen MR) is 256 cm³/mol. The molecule has 0 aliphatic carbocycles. The zero-order valence-electron chi connectivity index (χ0n) is 38.2. The highest BCUT2D eigenvalue weighted by molar-refractivity contribution is 7.47. The van der Waals surface area contributed by atoms with Gasteiger partial charge in [0.2, 0.25) is 0 Å². The fourth-order valence-electron chi connectivity index (χ4n) is 6.03. The summed E-state index contributed by atoms with van der Waals surface area (Å²) < 4.78 is 33.5. The molecule has 3 N–H and O–H groups in total. The number of carbonyl (C=O) groups is 1. The third-order valence-electron chi connectivity index (χ3n) is 9.49. The maximum Gasteiger partial charge on any atom is 0.472 e. The fourth-order valence-corrected chi connectivity index (χ4v) is 6.79. The van der Waals surface area contributed by atoms with E-state index in [4.69, 9.17) is 24.3 Å². The van der Waals surface area contributed by atoms with E-state index in [1.807, 2.05) is 0 Å². The SMILES string of the molecule is CC/C=C\C/C=C\C/C=C\C/C=C\C/C=C\CCCCCCCCOCC(COP(=O)(O)OCCN)OC(=O)CCCCCCCC/C=C\C/C=C\C/C=C\CCCCC. The lowest BCUT2D eigenvalue weighted by atomic mass is 10.1. The Morgan fingerprint density at radius 1 is 0.517 bits per heavy atom. The molecule has 344 valence electrons. The Labute approximate surface area is 368 Å². The molecule has 0 fully saturated rings. The predicted octanol–water partition coefficient (Wildman–Crippen LogP) is 14.6. The lowest BCUT2D eigenvalue weighted by molar-refractivity contribution is -0.154. The summed E-state index contributed by atoms with van der Waals surface area (Å²) >= 11 is 0. The van der Waals surface area contributed by atoms with Crippen molar-refractivity contribution >= 4 is 13.8 Å². The molecule has 0 saturated carbocycles. The van der Waals surface area contributed by atoms with Crippen LogP contribution in [0.25, 0.3) is 0 Å². The number of rotatable bonds is 44. The molecule has 2 atom stereocenters. The Hall–Kier alpha value is -2.58. The molecule has 0 spiro atoms. The second kappa shape index (κ2) is 47.5. The number of phosphoric acid groups is 1. The number of hydrogen-bond donors (Lipinski definition) is 2. The Balaban J connectivity index is 4.08. The highest BCUT2D eigenvalue weighted by Gasteiger charge is 2.25. The van der Waals surface area contributed by atoms with Gasteiger partial charge in [-0.2, -0.15) is 0 Å². The molecular formula is C51H88NO7P. The molecule has 0 radical (unpaired) electrons. The second-order valence-corrected chi connectivity index (χ2v) is 16.7. The van der Waals surface area contributed by atoms with Gasteiger partial charge in [-0.15, -0.1) is 0 Å². The third kappa shape index (κ3) is 46.5. The maximum absolute atomic E-state index is 12.6. The van der Waals surface area contributed by atoms with Crippen molar-refractivity contribution < 1.29 is 32.8 Å². The van der Waals surface area contributed by atoms with Crippen molar-refractivity contribution in [3.63, 3.8) is 0 Å². The number of phosphoric ester groups is 1. The average molecular weight is 858 g/mol. The van der Waals surface area contributed by atoms with Gasteiger partial charge in [0.25, 0.3) is 0 Å². The summed E-state index contributed by atoms with van der Waals surface area (Å²) in [7, 11) is -4.30. The Kier molecular flexibility index (Phi) is 45.4. The normalized spacial score (nSPS) is 14.3. The standard InChI is InChI=1S/C51H88NO7P/c1-3-5-7-9-11-13-15-17-19-21-23-24-25-27-29-31-33-35-37-39-41-43-46-56-48-50(49-58-60(54,55)57-47-45-52)59-51(53)44-42-40-38-36-34-32-30-28-26-22-20-18-16-14-12-10-8-6-4-2/h5,7,11-14,17-20,23-24,26-29,50H,3-4,6,8-10,15-16,21-22,25,30-49,52H2,1-2H3,(H,54,55)/b7-5-,13-11-,14-12-,19-17-,20-18-,24-23-,28-26-,29-27-. The largest absolute Gasteiger partial charge is 0.472 e. The molecule has 0 heterocycles. The van der Waals surface area contributed by atoms with Crippen molar-refractivity contribution in [3.05, 3.63) is 97.2 Å². The van der Waals surface area contributed by atoms with Crippen LogP contribution in [0.4, 0.5) is 0 Å². The van der Waals surface area contributed by atoms with Crippen LogP contribution in [0.15, 0.2) is 97.2 Å². The van der Waals surface area contributed by atoms with E-state index in [-0.39, 0.29) is 32.3 Å². The Bertz CT molecular complexity index is 1240. The summed E-state index contributed by atoms with van der Waals surface area (Å²) in [4.78, 5) is 22.6. The van der Waals surface area contributed by atoms with E-state index in [1.165, 1.54) is 57.8 Å². The van der Waals surface area contributed by atoms with Crippen LogP contribution < -0.4 is 5.73 Å². The van der Waals surface area contributed by atoms with Crippen LogP contribution in [0.3, 0.4) is 0 Å². The minimum atomic E-state index is -4.30. The zero-order chi connectivity index (χ0) is 43.7. The number of esters is 1. The van der Waals surface area contributed by atoms with Gasteiger partial charge in [-0.25, -0.2) is 4.57 Å². The van der Waals surface area contributed by atoms with E-state index in [0.29, 0.717) is 13.0 Å². The number of ether oxygens (including phenoxy) is 2. The highest BCUT2D eigenvalue weighted by Crippen LogP contribution is 2.43. The van der Waals surface area contributed by atoms with Gasteiger partial charge < -0.3 is 20.1 Å². The first-order chi connectivity index (χ1) is 29.4. The number of allylic oxidation sites excluding steroid dienone is 16. The molecule has 2 unspecified atom stereocenters. The van der Waals surface area contributed by atoms with E-state index in [0.717, 1.165) is 103 Å². The topological polar surface area (TPSA) is 117 Å². The first-order valence-electron chi connectivity index (χ1n) is 23.7. The fraction of sp³-hybridized carbons (Fsp3) is 0.667. The summed E-state index contributed by atoms with van der Waals surface area (Å²) in [5.41, 5.74) is 5.38. The quantitative estimate of drug-likeness (QED) is 0.0269. The van der Waals surface area contributed by atoms with Crippen molar-refractivity contribution in [2.75, 3.05) is 33.0 Å². The van der Waals surface area contributed by atoms with E-state index >= 15 is 0 Å². The van der Waals surface area contributed by atoms with Crippen molar-refractivity contribution in [2.24, 2.45) is 5.73 Å². The summed E-state index contributed by atoms with van der Waals surface area (Å²) in [6.45, 7) is 4.71. The van der Waals surface area contributed by atoms with Crippen molar-refractivity contribution in [1.29, 1.82) is 0 Å². The molecule has 9 heteroatoms. The van der Waals surface area contributed by atoms with Gasteiger partial charge in [0.15, 0.2) is 0 Å². The molecule has 0 rings (SSSR count). The zero-order valence-corrected chi connectivity index (χ0v) is 39.1. The molecule has 0 bridgehead atoms. The number of hydrogen-bond acceptors (Lipinski definition) is 7. The molecular weight excluding hydrogens is 770 g/mol. The van der Waals surface area contributed by atoms with Crippen LogP contribution in [0.1, 0.15) is 181 Å². The number of carbonyl (C=O) groups excluding carboxylic acids is 1. The van der Waals surface area contributed by atoms with Gasteiger partial charge in [-0.05, 0) is 96.3 Å². The monoisotopic (exact) mass is 858 g/mol. The lowest BCUT2D eigenvalue weighted by Gasteiger charge is -2.20. The molecule has 0 aromatic heterocycles. The third-order valence-corrected chi connectivity index (χ3v) is 10.5. The van der Waals surface area contributed by atoms with E-state index < -0.39 is 13.9 Å². The van der Waals surface area contributed by atoms with Gasteiger partial charge in [0.1, 0.15) is 6.10 Å². The summed E-state index contributed by atoms with van der Waals surface area (Å²) in [5.74, 6) is -0.352. The molecule has 0 aliphatic rings. The smallest absolute Gasteiger partial charge is 0.457 e. The number of nitrogens with two attached hydrogens (primary N) is 1. The minimum Gasteiger partial charge on any atom is -0.457 e. The molecule has 60 heavy (non-hydrogen) atoms. The van der Waals surface area contributed by atoms with E-state index in [1.54, 1.807) is 0 Å². The molecule has 8 nitrogen and oxygen atoms in total. The first-order valence-corrected chi connectivity index (χ1v) is 25.2. The summed E-state index contributed by atoms with van der Waals surface area (Å²) in [5, 5.41) is 0. The van der Waals surface area contributed by atoms with Gasteiger partial charge in [-0.3, -0.25) is 13.8 Å². The highest BCUT2D eigenvalue weighted by atomic mass is 31.2. The van der Waals surface area contributed by atoms with E-state index in [9.17, 15) is 14.3 Å². The molecule has 0 aromatic rings. The Morgan fingerprint density at radius 2 is 0.933 bits per heavy atom. The van der Waals surface area contributed by atoms with Crippen LogP contribution in [-0.2, 0) is 27.9 Å². The van der Waals surface area contributed by atoms with Crippen LogP contribution >= 0.6 is 7.82 Å². The second-order valence-electron chi connectivity index (χ2n) is 15.2. The molecule has 0 saturated heterocycles.